The minimum Gasteiger partial charge on any atom is -0.369 e. The number of hydrogen-bond donors (Lipinski definition) is 1. The van der Waals surface area contributed by atoms with E-state index >= 15 is 0 Å². The normalized spacial score (nSPS) is 14.2. The molecule has 0 unspecified atom stereocenters. The van der Waals surface area contributed by atoms with Crippen molar-refractivity contribution in [3.63, 3.8) is 0 Å². The van der Waals surface area contributed by atoms with E-state index in [0.717, 1.165) is 53.8 Å². The zero-order chi connectivity index (χ0) is 27.1. The fourth-order valence-electron chi connectivity index (χ4n) is 4.74. The molecule has 196 valence electrons. The highest BCUT2D eigenvalue weighted by Crippen LogP contribution is 2.42. The maximum absolute atomic E-state index is 12.6. The number of fused-ring (bicyclic) bond motifs is 1. The van der Waals surface area contributed by atoms with Crippen LogP contribution in [-0.2, 0) is 16.6 Å². The second-order valence-electron chi connectivity index (χ2n) is 11.0. The van der Waals surface area contributed by atoms with Crippen molar-refractivity contribution in [3.05, 3.63) is 78.0 Å². The number of nitrogens with zero attached hydrogens (tertiary/aromatic N) is 4. The Morgan fingerprint density at radius 2 is 1.79 bits per heavy atom. The highest BCUT2D eigenvalue weighted by Gasteiger charge is 2.30. The maximum atomic E-state index is 12.6. The van der Waals surface area contributed by atoms with E-state index in [0.29, 0.717) is 11.3 Å². The van der Waals surface area contributed by atoms with E-state index < -0.39 is 14.8 Å². The Kier molecular flexibility index (Phi) is 6.66. The van der Waals surface area contributed by atoms with Crippen LogP contribution in [0.5, 0.6) is 0 Å². The minimum absolute atomic E-state index is 0.286. The standard InChI is InChI=1S/C30H33N5O2S/c1-30(2,3)38(36,37)33-23-15-13-22(14-16-23)28-27(18-31)26-17-25(34(4)20-21-9-6-5-7-10-21)19-32-29(26)35(28)24-11-8-12-24/h5-7,9-10,13-17,19,24,33H,8,11-12,20H2,1-4H3. The van der Waals surface area contributed by atoms with Crippen LogP contribution in [0, 0.1) is 11.3 Å². The first kappa shape index (κ1) is 25.8. The Balaban J connectivity index is 1.56. The maximum Gasteiger partial charge on any atom is 0.237 e. The number of aromatic nitrogens is 2. The fraction of sp³-hybridized carbons (Fsp3) is 0.333. The number of pyridine rings is 1. The van der Waals surface area contributed by atoms with Crippen molar-refractivity contribution in [3.8, 4) is 17.3 Å². The van der Waals surface area contributed by atoms with Gasteiger partial charge in [0.15, 0.2) is 0 Å². The molecule has 4 aromatic rings. The summed E-state index contributed by atoms with van der Waals surface area (Å²) >= 11 is 0. The number of sulfonamides is 1. The quantitative estimate of drug-likeness (QED) is 0.297. The monoisotopic (exact) mass is 527 g/mol. The van der Waals surface area contributed by atoms with Gasteiger partial charge in [-0.2, -0.15) is 5.26 Å². The summed E-state index contributed by atoms with van der Waals surface area (Å²) in [5.41, 5.74) is 5.76. The van der Waals surface area contributed by atoms with Gasteiger partial charge in [-0.05, 0) is 69.4 Å². The predicted octanol–water partition coefficient (Wildman–Crippen LogP) is 6.48. The molecule has 0 spiro atoms. The van der Waals surface area contributed by atoms with Crippen LogP contribution < -0.4 is 9.62 Å². The lowest BCUT2D eigenvalue weighted by Gasteiger charge is -2.29. The molecule has 1 aliphatic rings. The molecule has 7 nitrogen and oxygen atoms in total. The molecule has 1 fully saturated rings. The van der Waals surface area contributed by atoms with Gasteiger partial charge < -0.3 is 9.47 Å². The average molecular weight is 528 g/mol. The summed E-state index contributed by atoms with van der Waals surface area (Å²) in [5.74, 6) is 0. The van der Waals surface area contributed by atoms with Gasteiger partial charge in [0.05, 0.1) is 27.9 Å². The molecule has 8 heteroatoms. The molecule has 0 atom stereocenters. The Morgan fingerprint density at radius 1 is 1.11 bits per heavy atom. The number of anilines is 2. The number of nitriles is 1. The molecule has 0 radical (unpaired) electrons. The third kappa shape index (κ3) is 4.74. The van der Waals surface area contributed by atoms with E-state index in [4.69, 9.17) is 4.98 Å². The molecule has 5 rings (SSSR count). The van der Waals surface area contributed by atoms with Crippen LogP contribution in [0.4, 0.5) is 11.4 Å². The number of benzene rings is 2. The highest BCUT2D eigenvalue weighted by molar-refractivity contribution is 7.94. The molecule has 0 amide bonds. The van der Waals surface area contributed by atoms with Crippen LogP contribution in [0.15, 0.2) is 66.9 Å². The van der Waals surface area contributed by atoms with Gasteiger partial charge in [-0.3, -0.25) is 4.72 Å². The molecule has 0 bridgehead atoms. The van der Waals surface area contributed by atoms with E-state index in [1.165, 1.54) is 5.56 Å². The van der Waals surface area contributed by atoms with Gasteiger partial charge in [0.2, 0.25) is 10.0 Å². The first-order valence-corrected chi connectivity index (χ1v) is 14.4. The largest absolute Gasteiger partial charge is 0.369 e. The Labute approximate surface area is 224 Å². The molecule has 0 saturated heterocycles. The summed E-state index contributed by atoms with van der Waals surface area (Å²) in [7, 11) is -1.51. The van der Waals surface area contributed by atoms with Crippen molar-refractivity contribution < 1.29 is 8.42 Å². The third-order valence-electron chi connectivity index (χ3n) is 7.30. The Morgan fingerprint density at radius 3 is 2.37 bits per heavy atom. The Hall–Kier alpha value is -3.83. The fourth-order valence-corrected chi connectivity index (χ4v) is 5.49. The lowest BCUT2D eigenvalue weighted by atomic mass is 9.92. The number of hydrogen-bond acceptors (Lipinski definition) is 5. The van der Waals surface area contributed by atoms with Crippen LogP contribution in [0.25, 0.3) is 22.3 Å². The molecule has 1 N–H and O–H groups in total. The lowest BCUT2D eigenvalue weighted by molar-refractivity contribution is 0.323. The summed E-state index contributed by atoms with van der Waals surface area (Å²) in [6.45, 7) is 5.73. The van der Waals surface area contributed by atoms with Gasteiger partial charge in [0.1, 0.15) is 11.7 Å². The van der Waals surface area contributed by atoms with Gasteiger partial charge in [-0.1, -0.05) is 42.5 Å². The van der Waals surface area contributed by atoms with Crippen LogP contribution >= 0.6 is 0 Å². The summed E-state index contributed by atoms with van der Waals surface area (Å²) < 4.78 is 29.2. The highest BCUT2D eigenvalue weighted by atomic mass is 32.2. The molecule has 1 aliphatic carbocycles. The van der Waals surface area contributed by atoms with Gasteiger partial charge in [-0.25, -0.2) is 13.4 Å². The smallest absolute Gasteiger partial charge is 0.237 e. The molecular formula is C30H33N5O2S. The summed E-state index contributed by atoms with van der Waals surface area (Å²) in [6.07, 6.45) is 5.12. The van der Waals surface area contributed by atoms with E-state index in [9.17, 15) is 13.7 Å². The van der Waals surface area contributed by atoms with Crippen molar-refractivity contribution >= 4 is 32.4 Å². The second kappa shape index (κ2) is 9.80. The van der Waals surface area contributed by atoms with Crippen molar-refractivity contribution in [2.45, 2.75) is 57.4 Å². The third-order valence-corrected chi connectivity index (χ3v) is 9.42. The van der Waals surface area contributed by atoms with Crippen molar-refractivity contribution in [2.24, 2.45) is 0 Å². The van der Waals surface area contributed by atoms with Crippen LogP contribution in [0.1, 0.15) is 57.2 Å². The van der Waals surface area contributed by atoms with Gasteiger partial charge in [-0.15, -0.1) is 0 Å². The van der Waals surface area contributed by atoms with E-state index in [1.807, 2.05) is 43.6 Å². The van der Waals surface area contributed by atoms with Crippen LogP contribution in [0.3, 0.4) is 0 Å². The van der Waals surface area contributed by atoms with Crippen LogP contribution in [0.2, 0.25) is 0 Å². The van der Waals surface area contributed by atoms with Gasteiger partial charge in [0.25, 0.3) is 0 Å². The summed E-state index contributed by atoms with van der Waals surface area (Å²) in [5, 5.41) is 11.2. The molecule has 38 heavy (non-hydrogen) atoms. The summed E-state index contributed by atoms with van der Waals surface area (Å²) in [4.78, 5) is 7.01. The first-order valence-electron chi connectivity index (χ1n) is 12.9. The molecule has 2 aromatic heterocycles. The first-order chi connectivity index (χ1) is 18.1. The molecule has 2 heterocycles. The average Bonchev–Trinajstić information content (AvgIpc) is 3.16. The zero-order valence-electron chi connectivity index (χ0n) is 22.3. The topological polar surface area (TPSA) is 91.0 Å². The van der Waals surface area contributed by atoms with Gasteiger partial charge >= 0.3 is 0 Å². The molecular weight excluding hydrogens is 494 g/mol. The van der Waals surface area contributed by atoms with Crippen molar-refractivity contribution in [2.75, 3.05) is 16.7 Å². The van der Waals surface area contributed by atoms with Gasteiger partial charge in [0, 0.05) is 30.7 Å². The SMILES string of the molecule is CN(Cc1ccccc1)c1cnc2c(c1)c(C#N)c(-c1ccc(NS(=O)(=O)C(C)(C)C)cc1)n2C1CCC1. The molecule has 2 aromatic carbocycles. The minimum atomic E-state index is -3.54. The van der Waals surface area contributed by atoms with Crippen molar-refractivity contribution in [1.82, 2.24) is 9.55 Å². The Bertz CT molecular complexity index is 1610. The predicted molar refractivity (Wildman–Crippen MR) is 154 cm³/mol. The number of nitrogens with one attached hydrogen (secondary N) is 1. The lowest BCUT2D eigenvalue weighted by Crippen LogP contribution is -2.33. The molecule has 0 aliphatic heterocycles. The summed E-state index contributed by atoms with van der Waals surface area (Å²) in [6, 6.07) is 22.4. The van der Waals surface area contributed by atoms with Crippen molar-refractivity contribution in [1.29, 1.82) is 5.26 Å². The number of rotatable bonds is 7. The van der Waals surface area contributed by atoms with E-state index in [-0.39, 0.29) is 6.04 Å². The van der Waals surface area contributed by atoms with E-state index in [2.05, 4.69) is 38.5 Å². The van der Waals surface area contributed by atoms with Crippen LogP contribution in [-0.4, -0.2) is 29.8 Å². The van der Waals surface area contributed by atoms with E-state index in [1.54, 1.807) is 32.9 Å². The molecule has 1 saturated carbocycles. The zero-order valence-corrected chi connectivity index (χ0v) is 23.1. The second-order valence-corrected chi connectivity index (χ2v) is 13.4.